The second-order valence-corrected chi connectivity index (χ2v) is 40.0. The van der Waals surface area contributed by atoms with E-state index in [9.17, 15) is 29.4 Å². The van der Waals surface area contributed by atoms with Gasteiger partial charge in [0.25, 0.3) is 0 Å². The van der Waals surface area contributed by atoms with Crippen LogP contribution < -0.4 is 38.5 Å². The number of benzene rings is 8. The molecule has 0 bridgehead atoms. The normalized spacial score (nSPS) is 13.8. The first-order chi connectivity index (χ1) is 71.3. The predicted molar refractivity (Wildman–Crippen MR) is 580 cm³/mol. The lowest BCUT2D eigenvalue weighted by atomic mass is 9.87. The van der Waals surface area contributed by atoms with Crippen molar-refractivity contribution in [3.63, 3.8) is 0 Å². The minimum atomic E-state index is -1.48. The van der Waals surface area contributed by atoms with Gasteiger partial charge in [-0.2, -0.15) is 0 Å². The van der Waals surface area contributed by atoms with Crippen LogP contribution in [0.2, 0.25) is 20.1 Å². The molecule has 0 saturated carbocycles. The lowest BCUT2D eigenvalue weighted by Gasteiger charge is -2.35. The summed E-state index contributed by atoms with van der Waals surface area (Å²) in [5, 5.41) is 27.9. The number of aryl methyl sites for hydroxylation is 4. The van der Waals surface area contributed by atoms with Gasteiger partial charge in [-0.15, -0.1) is 0 Å². The number of methoxy groups -OCH3 is 7. The molecule has 0 aliphatic carbocycles. The van der Waals surface area contributed by atoms with E-state index < -0.39 is 53.9 Å². The minimum absolute atomic E-state index is 0.212. The number of aromatic nitrogens is 12. The third-order valence-corrected chi connectivity index (χ3v) is 28.3. The van der Waals surface area contributed by atoms with E-state index in [-0.39, 0.29) is 12.2 Å². The monoisotopic (exact) mass is 2090 g/mol. The topological polar surface area (TPSA) is 337 Å². The Morgan fingerprint density at radius 2 is 0.557 bits per heavy atom. The Labute approximate surface area is 883 Å². The molecule has 4 atom stereocenters. The number of esters is 3. The molecule has 0 radical (unpaired) electrons. The summed E-state index contributed by atoms with van der Waals surface area (Å²) in [4.78, 5) is 96.7. The Balaban J connectivity index is 0.000000135. The first-order valence-corrected chi connectivity index (χ1v) is 50.2. The highest BCUT2D eigenvalue weighted by molar-refractivity contribution is 6.32. The zero-order valence-electron chi connectivity index (χ0n) is 87.1. The number of anilines is 8. The summed E-state index contributed by atoms with van der Waals surface area (Å²) < 4.78 is 64.4. The third-order valence-electron chi connectivity index (χ3n) is 27.3. The summed E-state index contributed by atoms with van der Waals surface area (Å²) in [6.45, 7) is 35.1. The molecule has 20 rings (SSSR count). The SMILES string of the molecule is COC(=O)[C@@H](O)c1c(C)c2c3c(cc(C)n3CCN2c2ncc(OC)cn2)c1-c1ccc(Cl)cc1.COC(=O)[C@@H](OC(C)(C)C)c1c(C)c2c3c(cc(C)n3CCN2c2ncc(OC)cn2)c1-c1ccc(Cl)cc1.COC(=O)[C@@H](OC(C)C)c1c(C)c2c3c(cc(C)n3CCN2c2ncc(OC)cn2)c1-c1ccc(Cl)cc1.COc1cnc(N2CCn3c(C)cc4c(-c5ccc(Cl)cc5)c([C@H](OC(C)C)C(=O)O)c(C)c2c43)nc1. The second kappa shape index (κ2) is 43.7. The van der Waals surface area contributed by atoms with Gasteiger partial charge in [-0.05, 0) is 243 Å². The number of carboxylic acids is 1. The Morgan fingerprint density at radius 3 is 0.792 bits per heavy atom. The van der Waals surface area contributed by atoms with Crippen molar-refractivity contribution in [3.8, 4) is 67.5 Å². The molecule has 16 aromatic rings. The molecular weight excluding hydrogens is 1980 g/mol. The van der Waals surface area contributed by atoms with Crippen LogP contribution in [0.4, 0.5) is 46.5 Å². The molecule has 4 aliphatic rings. The van der Waals surface area contributed by atoms with Gasteiger partial charge in [0.1, 0.15) is 0 Å². The molecular formula is C113H118Cl4N16O16. The van der Waals surface area contributed by atoms with Crippen LogP contribution in [0.3, 0.4) is 0 Å². The van der Waals surface area contributed by atoms with E-state index in [1.165, 1.54) is 21.3 Å². The number of ether oxygens (including phenoxy) is 10. The molecule has 0 saturated heterocycles. The van der Waals surface area contributed by atoms with E-state index in [2.05, 4.69) is 125 Å². The number of hydrogen-bond acceptors (Lipinski definition) is 27. The van der Waals surface area contributed by atoms with Crippen LogP contribution in [0.1, 0.15) is 140 Å². The van der Waals surface area contributed by atoms with Gasteiger partial charge in [-0.3, -0.25) is 0 Å². The molecule has 4 aliphatic heterocycles. The van der Waals surface area contributed by atoms with E-state index in [4.69, 9.17) is 93.8 Å². The molecule has 149 heavy (non-hydrogen) atoms. The number of aliphatic carboxylic acids is 1. The van der Waals surface area contributed by atoms with Crippen molar-refractivity contribution in [2.45, 2.75) is 172 Å². The van der Waals surface area contributed by atoms with Crippen molar-refractivity contribution in [2.75, 3.05) is 95.5 Å². The van der Waals surface area contributed by atoms with Crippen LogP contribution in [0.5, 0.6) is 23.0 Å². The zero-order valence-corrected chi connectivity index (χ0v) is 90.1. The Bertz CT molecular complexity index is 7770. The highest BCUT2D eigenvalue weighted by Gasteiger charge is 2.43. The molecule has 0 unspecified atom stereocenters. The van der Waals surface area contributed by atoms with Crippen molar-refractivity contribution in [2.24, 2.45) is 0 Å². The summed E-state index contributed by atoms with van der Waals surface area (Å²) in [5.41, 5.74) is 24.6. The van der Waals surface area contributed by atoms with Gasteiger partial charge in [0.2, 0.25) is 23.8 Å². The van der Waals surface area contributed by atoms with Crippen LogP contribution in [0.15, 0.2) is 171 Å². The summed E-state index contributed by atoms with van der Waals surface area (Å²) in [6.07, 6.45) is 8.12. The average Bonchev–Trinajstić information content (AvgIpc) is 1.60. The number of rotatable bonds is 25. The van der Waals surface area contributed by atoms with Crippen LogP contribution in [0.25, 0.3) is 88.1 Å². The van der Waals surface area contributed by atoms with Gasteiger partial charge >= 0.3 is 23.9 Å². The van der Waals surface area contributed by atoms with E-state index >= 15 is 0 Å². The minimum Gasteiger partial charge on any atom is -0.494 e. The highest BCUT2D eigenvalue weighted by Crippen LogP contribution is 2.56. The number of carboxylic acid groups (broad SMARTS) is 1. The van der Waals surface area contributed by atoms with Crippen LogP contribution >= 0.6 is 46.4 Å². The number of aliphatic hydroxyl groups is 1. The van der Waals surface area contributed by atoms with Gasteiger partial charge < -0.3 is 95.4 Å². The van der Waals surface area contributed by atoms with Crippen molar-refractivity contribution in [1.29, 1.82) is 0 Å². The maximum Gasteiger partial charge on any atom is 0.339 e. The van der Waals surface area contributed by atoms with Crippen molar-refractivity contribution >= 4 is 160 Å². The van der Waals surface area contributed by atoms with Gasteiger partial charge in [0, 0.05) is 139 Å². The van der Waals surface area contributed by atoms with Crippen LogP contribution in [0, 0.1) is 55.4 Å². The molecule has 0 amide bonds. The van der Waals surface area contributed by atoms with Gasteiger partial charge in [0.05, 0.1) is 162 Å². The number of aliphatic hydroxyl groups excluding tert-OH is 1. The highest BCUT2D eigenvalue weighted by atomic mass is 35.5. The summed E-state index contributed by atoms with van der Waals surface area (Å²) in [6, 6.07) is 38.8. The lowest BCUT2D eigenvalue weighted by Crippen LogP contribution is -2.32. The quantitative estimate of drug-likeness (QED) is 0.0396. The molecule has 0 fully saturated rings. The summed E-state index contributed by atoms with van der Waals surface area (Å²) in [5.74, 6) is 1.76. The predicted octanol–water partition coefficient (Wildman–Crippen LogP) is 23.5. The summed E-state index contributed by atoms with van der Waals surface area (Å²) in [7, 11) is 10.4. The maximum absolute atomic E-state index is 13.4. The molecule has 0 spiro atoms. The number of halogens is 4. The molecule has 36 heteroatoms. The number of carbonyl (C=O) groups is 4. The van der Waals surface area contributed by atoms with Crippen molar-refractivity contribution < 1.29 is 76.8 Å². The van der Waals surface area contributed by atoms with Gasteiger partial charge in [0.15, 0.2) is 47.4 Å². The molecule has 774 valence electrons. The van der Waals surface area contributed by atoms with Crippen molar-refractivity contribution in [3.05, 3.63) is 258 Å². The van der Waals surface area contributed by atoms with E-state index in [0.29, 0.717) is 104 Å². The lowest BCUT2D eigenvalue weighted by molar-refractivity contribution is -0.164. The van der Waals surface area contributed by atoms with Crippen molar-refractivity contribution in [1.82, 2.24) is 58.1 Å². The van der Waals surface area contributed by atoms with E-state index in [1.807, 2.05) is 166 Å². The first kappa shape index (κ1) is 106. The van der Waals surface area contributed by atoms with Gasteiger partial charge in [-0.25, -0.2) is 59.0 Å². The number of carbonyl (C=O) groups excluding carboxylic acids is 3. The third kappa shape index (κ3) is 20.4. The molecule has 12 heterocycles. The Kier molecular flexibility index (Phi) is 31.1. The first-order valence-electron chi connectivity index (χ1n) is 48.7. The Morgan fingerprint density at radius 1 is 0.329 bits per heavy atom. The Hall–Kier alpha value is -14.5. The van der Waals surface area contributed by atoms with E-state index in [1.54, 1.807) is 90.1 Å². The molecule has 8 aromatic heterocycles. The van der Waals surface area contributed by atoms with Crippen LogP contribution in [-0.2, 0) is 73.8 Å². The average molecular weight is 2100 g/mol. The molecule has 32 nitrogen and oxygen atoms in total. The van der Waals surface area contributed by atoms with Gasteiger partial charge in [-0.1, -0.05) is 94.9 Å². The largest absolute Gasteiger partial charge is 0.494 e. The number of hydrogen-bond donors (Lipinski definition) is 2. The standard InChI is InChI=1S/C30H33ClN4O4.C29H31ClN4O4.C28H29ClN4O4.C26H25ClN4O4/c1-17-14-22-24(19-8-10-20(31)11-9-19)23(27(28(36)38-7)39-30(3,4)5)18(2)25-26(22)34(17)12-13-35(25)29-32-15-21(37-6)16-33-29;1-16(2)38-27(28(35)37-6)23-18(4)25-26-22(24(23)19-7-9-20(30)10-8-19)13-17(3)33(26)11-12-34(25)29-31-14-21(36-5)15-32-29;1-15(2)37-26(27(34)35)22-17(4)24-25-21(23(22)18-6-8-19(29)9-7-18)12-16(3)32(25)10-11-33(24)28-30-13-20(36-5)14-31-28;1-14-11-19-21(16-5-7-17(27)8-6-16)20(24(32)25(33)35-4)15(2)22-23(19)30(14)9-10-31(22)26-28-12-18(34-3)13-29-26/h8-11,14-16,27H,12-13H2,1-7H3;7-10,13-16,27H,11-12H2,1-6H3;6-9,12-15,26H,10-11H2,1-5H3,(H,34,35);5-8,11-13,24,32H,9-10H2,1-4H3/t2*27-;26-;24-/m0000/s1. The fraction of sp³-hybridized carbons (Fsp3) is 0.327. The second-order valence-electron chi connectivity index (χ2n) is 38.2. The number of nitrogens with zero attached hydrogens (tertiary/aromatic N) is 16. The fourth-order valence-electron chi connectivity index (χ4n) is 20.9. The van der Waals surface area contributed by atoms with Crippen LogP contribution in [-0.4, -0.2) is 186 Å². The van der Waals surface area contributed by atoms with E-state index in [0.717, 1.165) is 193 Å². The summed E-state index contributed by atoms with van der Waals surface area (Å²) >= 11 is 24.9. The smallest absolute Gasteiger partial charge is 0.339 e. The molecule has 2 N–H and O–H groups in total. The molecule has 8 aromatic carbocycles. The zero-order chi connectivity index (χ0) is 106. The maximum atomic E-state index is 13.4. The fourth-order valence-corrected chi connectivity index (χ4v) is 21.4.